The van der Waals surface area contributed by atoms with E-state index in [4.69, 9.17) is 9.47 Å². The molecule has 1 heterocycles. The summed E-state index contributed by atoms with van der Waals surface area (Å²) in [7, 11) is 0. The molecule has 9 unspecified atom stereocenters. The van der Waals surface area contributed by atoms with Gasteiger partial charge < -0.3 is 50.5 Å². The summed E-state index contributed by atoms with van der Waals surface area (Å²) in [6.07, 6.45) is 79.9. The summed E-state index contributed by atoms with van der Waals surface area (Å²) in [5.74, 6) is -0.703. The number of carbonyl (C=O) groups is 1. The van der Waals surface area contributed by atoms with E-state index < -0.39 is 74.2 Å². The third-order valence-corrected chi connectivity index (χ3v) is 19.6. The molecule has 1 aliphatic rings. The van der Waals surface area contributed by atoms with Gasteiger partial charge in [-0.2, -0.15) is 0 Å². The predicted octanol–water partition coefficient (Wildman–Crippen LogP) is 20.9. The second-order valence-electron chi connectivity index (χ2n) is 28.5. The number of ether oxygens (including phenoxy) is 2. The van der Waals surface area contributed by atoms with Crippen LogP contribution in [-0.2, 0) is 14.3 Å². The zero-order chi connectivity index (χ0) is 66.7. The summed E-state index contributed by atoms with van der Waals surface area (Å²) < 4.78 is 11.2. The Morgan fingerprint density at radius 2 is 0.652 bits per heavy atom. The van der Waals surface area contributed by atoms with Crippen LogP contribution in [0.4, 0.5) is 0 Å². The van der Waals surface area contributed by atoms with Crippen molar-refractivity contribution in [3.63, 3.8) is 0 Å². The van der Waals surface area contributed by atoms with E-state index in [0.717, 1.165) is 38.5 Å². The molecule has 11 nitrogen and oxygen atoms in total. The molecule has 9 atom stereocenters. The molecular formula is C81H155NO10. The van der Waals surface area contributed by atoms with Gasteiger partial charge in [0.1, 0.15) is 36.6 Å². The lowest BCUT2D eigenvalue weighted by atomic mass is 9.98. The Morgan fingerprint density at radius 3 is 0.967 bits per heavy atom. The molecule has 0 aromatic carbocycles. The van der Waals surface area contributed by atoms with Gasteiger partial charge >= 0.3 is 0 Å². The van der Waals surface area contributed by atoms with Crippen molar-refractivity contribution in [3.05, 3.63) is 36.5 Å². The van der Waals surface area contributed by atoms with Gasteiger partial charge in [-0.15, -0.1) is 0 Å². The van der Waals surface area contributed by atoms with E-state index in [1.54, 1.807) is 0 Å². The SMILES string of the molecule is CCCCCCCCCCCCCCCCCC/C=C\CCCCCCCCCCCCCCCCCCC(O)C(=O)NC(COC1OC(CO)C(O)C(O)C1O)C(O)C(O)CCC/C=C/CC/C=C/CCCCCCCCCCCCCCCCCCCCCC. The first-order chi connectivity index (χ1) is 45.2. The average Bonchev–Trinajstić information content (AvgIpc) is 0.946. The van der Waals surface area contributed by atoms with Crippen molar-refractivity contribution in [2.24, 2.45) is 0 Å². The van der Waals surface area contributed by atoms with E-state index in [9.17, 15) is 40.5 Å². The first-order valence-corrected chi connectivity index (χ1v) is 40.4. The van der Waals surface area contributed by atoms with Gasteiger partial charge in [-0.3, -0.25) is 4.79 Å². The van der Waals surface area contributed by atoms with Gasteiger partial charge in [0.05, 0.1) is 25.4 Å². The molecule has 8 N–H and O–H groups in total. The minimum atomic E-state index is -1.67. The van der Waals surface area contributed by atoms with Crippen LogP contribution in [0, 0.1) is 0 Å². The monoisotopic (exact) mass is 1300 g/mol. The summed E-state index contributed by atoms with van der Waals surface area (Å²) >= 11 is 0. The number of hydrogen-bond acceptors (Lipinski definition) is 10. The lowest BCUT2D eigenvalue weighted by molar-refractivity contribution is -0.303. The van der Waals surface area contributed by atoms with Gasteiger partial charge in [-0.05, 0) is 77.0 Å². The normalized spacial score (nSPS) is 18.5. The number of amides is 1. The van der Waals surface area contributed by atoms with Gasteiger partial charge in [0.15, 0.2) is 6.29 Å². The van der Waals surface area contributed by atoms with E-state index in [1.807, 2.05) is 0 Å². The number of carbonyl (C=O) groups excluding carboxylic acids is 1. The highest BCUT2D eigenvalue weighted by Crippen LogP contribution is 2.24. The van der Waals surface area contributed by atoms with Crippen LogP contribution in [0.5, 0.6) is 0 Å². The van der Waals surface area contributed by atoms with Crippen molar-refractivity contribution < 1.29 is 50.0 Å². The number of aliphatic hydroxyl groups excluding tert-OH is 7. The number of allylic oxidation sites excluding steroid dienone is 6. The Labute approximate surface area is 568 Å². The lowest BCUT2D eigenvalue weighted by Crippen LogP contribution is -2.60. The number of rotatable bonds is 72. The van der Waals surface area contributed by atoms with Crippen LogP contribution in [0.1, 0.15) is 406 Å². The number of unbranched alkanes of at least 4 members (excludes halogenated alkanes) is 54. The number of nitrogens with one attached hydrogen (secondary N) is 1. The van der Waals surface area contributed by atoms with Gasteiger partial charge in [0.25, 0.3) is 0 Å². The molecule has 11 heteroatoms. The van der Waals surface area contributed by atoms with Crippen LogP contribution in [0.25, 0.3) is 0 Å². The van der Waals surface area contributed by atoms with E-state index in [0.29, 0.717) is 19.3 Å². The molecule has 0 aromatic rings. The average molecular weight is 1300 g/mol. The predicted molar refractivity (Wildman–Crippen MR) is 390 cm³/mol. The largest absolute Gasteiger partial charge is 0.394 e. The van der Waals surface area contributed by atoms with Crippen molar-refractivity contribution in [1.82, 2.24) is 5.32 Å². The standard InChI is InChI=1S/C81H155NO10/c1-3-5-7-9-11-13-15-17-19-21-23-25-27-29-31-33-34-35-36-37-38-39-41-43-45-47-49-51-53-55-57-59-61-63-65-67-69-74(85)80(90)82-72(71-91-81-79(89)78(88)77(87)75(70-83)92-81)76(86)73(84)68-66-64-62-60-58-56-54-52-50-48-46-44-42-40-32-30-28-26-24-22-20-18-16-14-12-10-8-6-4-2/h35-36,52,54,60,62,72-79,81,83-89H,3-34,37-51,53,55-59,61,63-71H2,1-2H3,(H,82,90)/b36-35-,54-52+,62-60+. The number of aliphatic hydroxyl groups is 7. The smallest absolute Gasteiger partial charge is 0.249 e. The van der Waals surface area contributed by atoms with Crippen molar-refractivity contribution >= 4 is 5.91 Å². The quantitative estimate of drug-likeness (QED) is 0.0215. The van der Waals surface area contributed by atoms with E-state index in [-0.39, 0.29) is 12.8 Å². The molecule has 0 radical (unpaired) electrons. The molecule has 0 bridgehead atoms. The molecule has 544 valence electrons. The van der Waals surface area contributed by atoms with Crippen LogP contribution >= 0.6 is 0 Å². The van der Waals surface area contributed by atoms with Crippen LogP contribution in [0.3, 0.4) is 0 Å². The van der Waals surface area contributed by atoms with Crippen LogP contribution in [0.2, 0.25) is 0 Å². The Balaban J connectivity index is 2.15. The summed E-state index contributed by atoms with van der Waals surface area (Å²) in [5.41, 5.74) is 0. The third kappa shape index (κ3) is 55.3. The fourth-order valence-corrected chi connectivity index (χ4v) is 13.2. The van der Waals surface area contributed by atoms with Crippen LogP contribution in [-0.4, -0.2) is 110 Å². The van der Waals surface area contributed by atoms with Crippen molar-refractivity contribution in [3.8, 4) is 0 Å². The first kappa shape index (κ1) is 88.3. The Morgan fingerprint density at radius 1 is 0.370 bits per heavy atom. The highest BCUT2D eigenvalue weighted by molar-refractivity contribution is 5.80. The summed E-state index contributed by atoms with van der Waals surface area (Å²) in [6, 6.07) is -1.19. The minimum absolute atomic E-state index is 0.248. The lowest BCUT2D eigenvalue weighted by Gasteiger charge is -2.40. The topological polar surface area (TPSA) is 189 Å². The second kappa shape index (κ2) is 69.2. The summed E-state index contributed by atoms with van der Waals surface area (Å²) in [5, 5.41) is 76.7. The van der Waals surface area contributed by atoms with Gasteiger partial charge in [-0.1, -0.05) is 365 Å². The van der Waals surface area contributed by atoms with Crippen molar-refractivity contribution in [2.45, 2.75) is 461 Å². The second-order valence-corrected chi connectivity index (χ2v) is 28.5. The molecule has 1 fully saturated rings. The Hall–Kier alpha value is -1.67. The molecule has 0 aromatic heterocycles. The zero-order valence-electron chi connectivity index (χ0n) is 60.6. The molecule has 1 amide bonds. The van der Waals surface area contributed by atoms with E-state index in [2.05, 4.69) is 55.6 Å². The maximum absolute atomic E-state index is 13.3. The molecule has 0 spiro atoms. The molecule has 1 saturated heterocycles. The van der Waals surface area contributed by atoms with E-state index in [1.165, 1.54) is 321 Å². The van der Waals surface area contributed by atoms with E-state index >= 15 is 0 Å². The Bertz CT molecular complexity index is 1590. The summed E-state index contributed by atoms with van der Waals surface area (Å²) in [6.45, 7) is 3.51. The van der Waals surface area contributed by atoms with Crippen LogP contribution in [0.15, 0.2) is 36.5 Å². The van der Waals surface area contributed by atoms with Crippen molar-refractivity contribution in [1.29, 1.82) is 0 Å². The van der Waals surface area contributed by atoms with Crippen LogP contribution < -0.4 is 5.32 Å². The first-order valence-electron chi connectivity index (χ1n) is 40.4. The number of hydrogen-bond donors (Lipinski definition) is 8. The highest BCUT2D eigenvalue weighted by atomic mass is 16.7. The third-order valence-electron chi connectivity index (χ3n) is 19.6. The highest BCUT2D eigenvalue weighted by Gasteiger charge is 2.44. The van der Waals surface area contributed by atoms with Gasteiger partial charge in [0, 0.05) is 0 Å². The molecule has 1 aliphatic heterocycles. The fraction of sp³-hybridized carbons (Fsp3) is 0.914. The van der Waals surface area contributed by atoms with Crippen molar-refractivity contribution in [2.75, 3.05) is 13.2 Å². The minimum Gasteiger partial charge on any atom is -0.394 e. The Kier molecular flexibility index (Phi) is 66.5. The maximum Gasteiger partial charge on any atom is 0.249 e. The van der Waals surface area contributed by atoms with Gasteiger partial charge in [0.2, 0.25) is 5.91 Å². The molecule has 1 rings (SSSR count). The molecular weight excluding hydrogens is 1150 g/mol. The molecule has 0 saturated carbocycles. The molecule has 0 aliphatic carbocycles. The van der Waals surface area contributed by atoms with Gasteiger partial charge in [-0.25, -0.2) is 0 Å². The summed E-state index contributed by atoms with van der Waals surface area (Å²) in [4.78, 5) is 13.3. The fourth-order valence-electron chi connectivity index (χ4n) is 13.2. The maximum atomic E-state index is 13.3. The molecule has 92 heavy (non-hydrogen) atoms. The zero-order valence-corrected chi connectivity index (χ0v) is 60.6.